The molecule has 0 saturated heterocycles. The van der Waals surface area contributed by atoms with Crippen LogP contribution in [0.3, 0.4) is 0 Å². The second kappa shape index (κ2) is 8.42. The van der Waals surface area contributed by atoms with Gasteiger partial charge in [-0.2, -0.15) is 0 Å². The predicted molar refractivity (Wildman–Crippen MR) is 95.9 cm³/mol. The Morgan fingerprint density at radius 1 is 1.00 bits per heavy atom. The molecule has 0 spiro atoms. The number of ether oxygens (including phenoxy) is 3. The molecule has 0 aliphatic rings. The minimum Gasteiger partial charge on any atom is -0.493 e. The van der Waals surface area contributed by atoms with Gasteiger partial charge in [0.15, 0.2) is 17.5 Å². The molecule has 0 bridgehead atoms. The molecule has 0 aliphatic carbocycles. The summed E-state index contributed by atoms with van der Waals surface area (Å²) in [5.74, 6) is 1.73. The molecular weight excluding hydrogens is 308 g/mol. The SMILES string of the molecule is COc1cc(NC(N)=NC=Nc2ccccc2)cc(OC)c1OC. The van der Waals surface area contributed by atoms with E-state index >= 15 is 0 Å². The number of rotatable bonds is 6. The first-order chi connectivity index (χ1) is 11.7. The minimum absolute atomic E-state index is 0.184. The quantitative estimate of drug-likeness (QED) is 0.628. The Morgan fingerprint density at radius 3 is 2.17 bits per heavy atom. The lowest BCUT2D eigenvalue weighted by Crippen LogP contribution is -2.22. The Labute approximate surface area is 140 Å². The highest BCUT2D eigenvalue weighted by molar-refractivity contribution is 5.97. The lowest BCUT2D eigenvalue weighted by molar-refractivity contribution is 0.324. The molecule has 0 saturated carbocycles. The Hall–Kier alpha value is -3.22. The molecule has 3 N–H and O–H groups in total. The maximum atomic E-state index is 5.86. The summed E-state index contributed by atoms with van der Waals surface area (Å²) in [6.07, 6.45) is 1.38. The fraction of sp³-hybridized carbons (Fsp3) is 0.176. The number of methoxy groups -OCH3 is 3. The van der Waals surface area contributed by atoms with Crippen LogP contribution in [0.2, 0.25) is 0 Å². The summed E-state index contributed by atoms with van der Waals surface area (Å²) in [6, 6.07) is 12.9. The van der Waals surface area contributed by atoms with Crippen LogP contribution >= 0.6 is 0 Å². The number of nitrogens with one attached hydrogen (secondary N) is 1. The van der Waals surface area contributed by atoms with E-state index in [2.05, 4.69) is 15.3 Å². The fourth-order valence-electron chi connectivity index (χ4n) is 2.01. The van der Waals surface area contributed by atoms with Crippen LogP contribution in [0.4, 0.5) is 11.4 Å². The fourth-order valence-corrected chi connectivity index (χ4v) is 2.01. The molecule has 0 fully saturated rings. The third-order valence-electron chi connectivity index (χ3n) is 3.10. The molecule has 0 aromatic heterocycles. The second-order valence-corrected chi connectivity index (χ2v) is 4.63. The summed E-state index contributed by atoms with van der Waals surface area (Å²) in [6.45, 7) is 0. The first-order valence-corrected chi connectivity index (χ1v) is 7.15. The van der Waals surface area contributed by atoms with E-state index in [0.29, 0.717) is 22.9 Å². The average molecular weight is 328 g/mol. The smallest absolute Gasteiger partial charge is 0.203 e. The van der Waals surface area contributed by atoms with E-state index < -0.39 is 0 Å². The number of para-hydroxylation sites is 1. The van der Waals surface area contributed by atoms with E-state index in [-0.39, 0.29) is 5.96 Å². The molecule has 24 heavy (non-hydrogen) atoms. The highest BCUT2D eigenvalue weighted by Gasteiger charge is 2.13. The third kappa shape index (κ3) is 4.39. The van der Waals surface area contributed by atoms with Gasteiger partial charge in [0.25, 0.3) is 0 Å². The van der Waals surface area contributed by atoms with Gasteiger partial charge in [-0.25, -0.2) is 9.98 Å². The number of anilines is 1. The van der Waals surface area contributed by atoms with Crippen molar-refractivity contribution < 1.29 is 14.2 Å². The van der Waals surface area contributed by atoms with E-state index in [4.69, 9.17) is 19.9 Å². The van der Waals surface area contributed by atoms with Gasteiger partial charge in [0.2, 0.25) is 5.75 Å². The van der Waals surface area contributed by atoms with Crippen molar-refractivity contribution in [3.63, 3.8) is 0 Å². The topological polar surface area (TPSA) is 90.5 Å². The first kappa shape index (κ1) is 17.1. The summed E-state index contributed by atoms with van der Waals surface area (Å²) >= 11 is 0. The molecule has 0 unspecified atom stereocenters. The Bertz CT molecular complexity index is 705. The van der Waals surface area contributed by atoms with Gasteiger partial charge in [0.05, 0.1) is 27.0 Å². The summed E-state index contributed by atoms with van der Waals surface area (Å²) in [5, 5.41) is 2.95. The number of hydrogen-bond donors (Lipinski definition) is 2. The van der Waals surface area contributed by atoms with Crippen molar-refractivity contribution in [3.05, 3.63) is 42.5 Å². The second-order valence-electron chi connectivity index (χ2n) is 4.63. The molecule has 0 heterocycles. The number of benzene rings is 2. The van der Waals surface area contributed by atoms with E-state index in [1.165, 1.54) is 6.34 Å². The normalized spacial score (nSPS) is 11.4. The van der Waals surface area contributed by atoms with Crippen LogP contribution in [-0.4, -0.2) is 33.6 Å². The number of hydrogen-bond acceptors (Lipinski definition) is 4. The van der Waals surface area contributed by atoms with Gasteiger partial charge in [-0.15, -0.1) is 0 Å². The van der Waals surface area contributed by atoms with Crippen LogP contribution < -0.4 is 25.3 Å². The zero-order chi connectivity index (χ0) is 17.4. The van der Waals surface area contributed by atoms with Crippen molar-refractivity contribution in [1.82, 2.24) is 0 Å². The third-order valence-corrected chi connectivity index (χ3v) is 3.10. The maximum Gasteiger partial charge on any atom is 0.203 e. The highest BCUT2D eigenvalue weighted by atomic mass is 16.5. The lowest BCUT2D eigenvalue weighted by Gasteiger charge is -2.14. The summed E-state index contributed by atoms with van der Waals surface area (Å²) in [5.41, 5.74) is 7.30. The molecule has 0 aliphatic heterocycles. The van der Waals surface area contributed by atoms with Crippen LogP contribution in [0.25, 0.3) is 0 Å². The molecule has 7 heteroatoms. The van der Waals surface area contributed by atoms with Crippen LogP contribution in [0.1, 0.15) is 0 Å². The van der Waals surface area contributed by atoms with Gasteiger partial charge in [-0.1, -0.05) is 18.2 Å². The summed E-state index contributed by atoms with van der Waals surface area (Å²) < 4.78 is 15.8. The molecule has 0 atom stereocenters. The molecule has 0 amide bonds. The van der Waals surface area contributed by atoms with Crippen molar-refractivity contribution >= 4 is 23.7 Å². The van der Waals surface area contributed by atoms with Gasteiger partial charge in [0, 0.05) is 17.8 Å². The van der Waals surface area contributed by atoms with Gasteiger partial charge in [0.1, 0.15) is 6.34 Å². The van der Waals surface area contributed by atoms with Crippen molar-refractivity contribution in [2.45, 2.75) is 0 Å². The van der Waals surface area contributed by atoms with E-state index in [0.717, 1.165) is 5.69 Å². The van der Waals surface area contributed by atoms with Gasteiger partial charge >= 0.3 is 0 Å². The number of nitrogens with two attached hydrogens (primary N) is 1. The van der Waals surface area contributed by atoms with Crippen molar-refractivity contribution in [1.29, 1.82) is 0 Å². The maximum absolute atomic E-state index is 5.86. The largest absolute Gasteiger partial charge is 0.493 e. The molecule has 2 rings (SSSR count). The highest BCUT2D eigenvalue weighted by Crippen LogP contribution is 2.39. The van der Waals surface area contributed by atoms with Crippen LogP contribution in [0, 0.1) is 0 Å². The van der Waals surface area contributed by atoms with Crippen LogP contribution in [0.5, 0.6) is 17.2 Å². The van der Waals surface area contributed by atoms with Gasteiger partial charge < -0.3 is 25.3 Å². The number of nitrogens with zero attached hydrogens (tertiary/aromatic N) is 2. The number of guanidine groups is 1. The molecule has 2 aromatic carbocycles. The lowest BCUT2D eigenvalue weighted by atomic mass is 10.2. The molecule has 0 radical (unpaired) electrons. The summed E-state index contributed by atoms with van der Waals surface area (Å²) in [4.78, 5) is 8.23. The van der Waals surface area contributed by atoms with E-state index in [1.54, 1.807) is 33.5 Å². The summed E-state index contributed by atoms with van der Waals surface area (Å²) in [7, 11) is 4.64. The zero-order valence-electron chi connectivity index (χ0n) is 13.8. The Kier molecular flexibility index (Phi) is 6.01. The van der Waals surface area contributed by atoms with E-state index in [9.17, 15) is 0 Å². The van der Waals surface area contributed by atoms with Crippen molar-refractivity contribution in [3.8, 4) is 17.2 Å². The zero-order valence-corrected chi connectivity index (χ0v) is 13.8. The average Bonchev–Trinajstić information content (AvgIpc) is 2.61. The molecular formula is C17H20N4O3. The van der Waals surface area contributed by atoms with Crippen molar-refractivity contribution in [2.75, 3.05) is 26.6 Å². The van der Waals surface area contributed by atoms with Gasteiger partial charge in [-0.3, -0.25) is 0 Å². The van der Waals surface area contributed by atoms with Crippen molar-refractivity contribution in [2.24, 2.45) is 15.7 Å². The first-order valence-electron chi connectivity index (χ1n) is 7.15. The minimum atomic E-state index is 0.184. The predicted octanol–water partition coefficient (Wildman–Crippen LogP) is 2.80. The standard InChI is InChI=1S/C17H20N4O3/c1-22-14-9-13(10-15(23-2)16(14)24-3)21-17(18)20-11-19-12-7-5-4-6-8-12/h4-11H,1-3H3,(H3,18,19,20,21). The van der Waals surface area contributed by atoms with Crippen LogP contribution in [0.15, 0.2) is 52.4 Å². The van der Waals surface area contributed by atoms with E-state index in [1.807, 2.05) is 30.3 Å². The molecule has 7 nitrogen and oxygen atoms in total. The van der Waals surface area contributed by atoms with Crippen LogP contribution in [-0.2, 0) is 0 Å². The molecule has 2 aromatic rings. The molecule has 126 valence electrons. The Morgan fingerprint density at radius 2 is 1.62 bits per heavy atom. The Balaban J connectivity index is 2.14. The van der Waals surface area contributed by atoms with Gasteiger partial charge in [-0.05, 0) is 12.1 Å². The number of aliphatic imine (C=N–C) groups is 2. The monoisotopic (exact) mass is 328 g/mol.